The van der Waals surface area contributed by atoms with Gasteiger partial charge >= 0.3 is 0 Å². The Hall–Kier alpha value is -3.56. The summed E-state index contributed by atoms with van der Waals surface area (Å²) >= 11 is 0. The highest BCUT2D eigenvalue weighted by atomic mass is 32.2. The Kier molecular flexibility index (Phi) is 8.12. The molecule has 9 heteroatoms. The lowest BCUT2D eigenvalue weighted by molar-refractivity contribution is -0.133. The molecular formula is C27H31N3O5S. The average Bonchev–Trinajstić information content (AvgIpc) is 2.93. The van der Waals surface area contributed by atoms with Crippen LogP contribution in [0.4, 0.5) is 5.69 Å². The van der Waals surface area contributed by atoms with Crippen LogP contribution in [0, 0.1) is 0 Å². The van der Waals surface area contributed by atoms with Crippen molar-refractivity contribution in [2.75, 3.05) is 45.3 Å². The zero-order valence-corrected chi connectivity index (χ0v) is 21.3. The van der Waals surface area contributed by atoms with E-state index >= 15 is 0 Å². The van der Waals surface area contributed by atoms with Crippen molar-refractivity contribution in [1.29, 1.82) is 0 Å². The number of hydrogen-bond donors (Lipinski definition) is 1. The van der Waals surface area contributed by atoms with Gasteiger partial charge in [-0.15, -0.1) is 0 Å². The van der Waals surface area contributed by atoms with Crippen LogP contribution < -0.4 is 19.1 Å². The van der Waals surface area contributed by atoms with Crippen molar-refractivity contribution in [2.24, 2.45) is 0 Å². The van der Waals surface area contributed by atoms with E-state index < -0.39 is 16.1 Å². The maximum Gasteiger partial charge on any atom is 0.241 e. The minimum absolute atomic E-state index is 0.0000846. The number of carbonyl (C=O) groups excluding carboxylic acids is 1. The minimum Gasteiger partial charge on any atom is -0.493 e. The maximum atomic E-state index is 13.6. The number of benzene rings is 3. The van der Waals surface area contributed by atoms with Crippen LogP contribution in [0.1, 0.15) is 5.56 Å². The van der Waals surface area contributed by atoms with Gasteiger partial charge in [-0.2, -0.15) is 4.72 Å². The molecule has 1 saturated heterocycles. The fraction of sp³-hybridized carbons (Fsp3) is 0.296. The molecule has 0 radical (unpaired) electrons. The summed E-state index contributed by atoms with van der Waals surface area (Å²) in [6.45, 7) is 2.38. The molecule has 1 N–H and O–H groups in total. The Labute approximate surface area is 212 Å². The molecule has 190 valence electrons. The third-order valence-electron chi connectivity index (χ3n) is 6.26. The number of sulfonamides is 1. The third kappa shape index (κ3) is 5.98. The summed E-state index contributed by atoms with van der Waals surface area (Å²) in [5, 5.41) is 0. The van der Waals surface area contributed by atoms with Crippen LogP contribution in [-0.2, 0) is 21.2 Å². The van der Waals surface area contributed by atoms with E-state index in [4.69, 9.17) is 9.47 Å². The summed E-state index contributed by atoms with van der Waals surface area (Å²) in [5.41, 5.74) is 1.98. The second-order valence-electron chi connectivity index (χ2n) is 8.53. The predicted molar refractivity (Wildman–Crippen MR) is 139 cm³/mol. The topological polar surface area (TPSA) is 88.2 Å². The van der Waals surface area contributed by atoms with Gasteiger partial charge in [0, 0.05) is 37.9 Å². The van der Waals surface area contributed by atoms with Gasteiger partial charge in [-0.3, -0.25) is 4.79 Å². The molecule has 0 aromatic heterocycles. The average molecular weight is 510 g/mol. The SMILES string of the molecule is COc1ccc(S(=O)(=O)N[C@@H](Cc2ccccc2)C(=O)N2CCN(c3ccccc3)CC2)cc1OC. The van der Waals surface area contributed by atoms with E-state index in [1.54, 1.807) is 4.90 Å². The van der Waals surface area contributed by atoms with Crippen molar-refractivity contribution in [3.8, 4) is 11.5 Å². The Morgan fingerprint density at radius 3 is 2.08 bits per heavy atom. The van der Waals surface area contributed by atoms with Crippen LogP contribution >= 0.6 is 0 Å². The van der Waals surface area contributed by atoms with Crippen molar-refractivity contribution >= 4 is 21.6 Å². The normalized spacial score (nSPS) is 14.8. The van der Waals surface area contributed by atoms with Crippen LogP contribution in [0.25, 0.3) is 0 Å². The number of ether oxygens (including phenoxy) is 2. The van der Waals surface area contributed by atoms with E-state index in [1.807, 2.05) is 60.7 Å². The second-order valence-corrected chi connectivity index (χ2v) is 10.2. The number of methoxy groups -OCH3 is 2. The van der Waals surface area contributed by atoms with Crippen molar-refractivity contribution in [3.63, 3.8) is 0 Å². The number of piperazine rings is 1. The fourth-order valence-corrected chi connectivity index (χ4v) is 5.52. The van der Waals surface area contributed by atoms with Crippen LogP contribution in [0.5, 0.6) is 11.5 Å². The zero-order valence-electron chi connectivity index (χ0n) is 20.5. The first-order chi connectivity index (χ1) is 17.4. The molecular weight excluding hydrogens is 478 g/mol. The smallest absolute Gasteiger partial charge is 0.241 e. The highest BCUT2D eigenvalue weighted by molar-refractivity contribution is 7.89. The van der Waals surface area contributed by atoms with E-state index in [0.717, 1.165) is 11.3 Å². The summed E-state index contributed by atoms with van der Waals surface area (Å²) in [5.74, 6) is 0.476. The van der Waals surface area contributed by atoms with E-state index in [-0.39, 0.29) is 17.2 Å². The molecule has 3 aromatic carbocycles. The molecule has 1 aliphatic rings. The number of anilines is 1. The first kappa shape index (κ1) is 25.5. The van der Waals surface area contributed by atoms with Crippen LogP contribution in [-0.4, -0.2) is 65.7 Å². The molecule has 0 aliphatic carbocycles. The van der Waals surface area contributed by atoms with Gasteiger partial charge in [-0.1, -0.05) is 48.5 Å². The lowest BCUT2D eigenvalue weighted by Gasteiger charge is -2.37. The molecule has 36 heavy (non-hydrogen) atoms. The van der Waals surface area contributed by atoms with Crippen LogP contribution in [0.3, 0.4) is 0 Å². The number of nitrogens with one attached hydrogen (secondary N) is 1. The number of amides is 1. The maximum absolute atomic E-state index is 13.6. The van der Waals surface area contributed by atoms with Crippen LogP contribution in [0.2, 0.25) is 0 Å². The molecule has 4 rings (SSSR count). The summed E-state index contributed by atoms with van der Waals surface area (Å²) in [7, 11) is -1.09. The van der Waals surface area contributed by atoms with Gasteiger partial charge in [0.15, 0.2) is 11.5 Å². The first-order valence-electron chi connectivity index (χ1n) is 11.8. The lowest BCUT2D eigenvalue weighted by atomic mass is 10.1. The summed E-state index contributed by atoms with van der Waals surface area (Å²) in [6.07, 6.45) is 0.241. The third-order valence-corrected chi connectivity index (χ3v) is 7.73. The highest BCUT2D eigenvalue weighted by Crippen LogP contribution is 2.29. The fourth-order valence-electron chi connectivity index (χ4n) is 4.31. The van der Waals surface area contributed by atoms with Gasteiger partial charge in [-0.25, -0.2) is 8.42 Å². The molecule has 1 amide bonds. The van der Waals surface area contributed by atoms with Crippen molar-refractivity contribution in [2.45, 2.75) is 17.4 Å². The highest BCUT2D eigenvalue weighted by Gasteiger charge is 2.32. The van der Waals surface area contributed by atoms with Crippen molar-refractivity contribution < 1.29 is 22.7 Å². The molecule has 0 bridgehead atoms. The van der Waals surface area contributed by atoms with Gasteiger partial charge in [0.25, 0.3) is 0 Å². The van der Waals surface area contributed by atoms with Gasteiger partial charge in [0.2, 0.25) is 15.9 Å². The van der Waals surface area contributed by atoms with E-state index in [1.165, 1.54) is 32.4 Å². The Bertz CT molecular complexity index is 1260. The molecule has 1 atom stereocenters. The standard InChI is InChI=1S/C27H31N3O5S/c1-34-25-14-13-23(20-26(25)35-2)36(32,33)28-24(19-21-9-5-3-6-10-21)27(31)30-17-15-29(16-18-30)22-11-7-4-8-12-22/h3-14,20,24,28H,15-19H2,1-2H3/t24-/m0/s1. The predicted octanol–water partition coefficient (Wildman–Crippen LogP) is 2.94. The molecule has 1 heterocycles. The van der Waals surface area contributed by atoms with Crippen LogP contribution in [0.15, 0.2) is 83.8 Å². The summed E-state index contributed by atoms with van der Waals surface area (Å²) < 4.78 is 39.8. The number of para-hydroxylation sites is 1. The van der Waals surface area contributed by atoms with Crippen molar-refractivity contribution in [1.82, 2.24) is 9.62 Å². The lowest BCUT2D eigenvalue weighted by Crippen LogP contribution is -2.55. The number of nitrogens with zero attached hydrogens (tertiary/aromatic N) is 2. The quantitative estimate of drug-likeness (QED) is 0.477. The van der Waals surface area contributed by atoms with E-state index in [0.29, 0.717) is 37.7 Å². The number of rotatable bonds is 9. The van der Waals surface area contributed by atoms with Gasteiger partial charge in [0.1, 0.15) is 6.04 Å². The van der Waals surface area contributed by atoms with E-state index in [2.05, 4.69) is 9.62 Å². The first-order valence-corrected chi connectivity index (χ1v) is 13.3. The number of hydrogen-bond acceptors (Lipinski definition) is 6. The Morgan fingerprint density at radius 2 is 1.47 bits per heavy atom. The Balaban J connectivity index is 1.54. The Morgan fingerprint density at radius 1 is 0.861 bits per heavy atom. The minimum atomic E-state index is -4.02. The molecule has 1 aliphatic heterocycles. The van der Waals surface area contributed by atoms with Gasteiger partial charge < -0.3 is 19.3 Å². The number of carbonyl (C=O) groups is 1. The van der Waals surface area contributed by atoms with E-state index in [9.17, 15) is 13.2 Å². The molecule has 0 spiro atoms. The summed E-state index contributed by atoms with van der Waals surface area (Å²) in [4.78, 5) is 17.6. The van der Waals surface area contributed by atoms with Gasteiger partial charge in [-0.05, 0) is 36.2 Å². The largest absolute Gasteiger partial charge is 0.493 e. The molecule has 8 nitrogen and oxygen atoms in total. The monoisotopic (exact) mass is 509 g/mol. The zero-order chi connectivity index (χ0) is 25.5. The molecule has 0 saturated carbocycles. The van der Waals surface area contributed by atoms with Gasteiger partial charge in [0.05, 0.1) is 19.1 Å². The molecule has 0 unspecified atom stereocenters. The second kappa shape index (κ2) is 11.5. The van der Waals surface area contributed by atoms with Crippen molar-refractivity contribution in [3.05, 3.63) is 84.4 Å². The molecule has 1 fully saturated rings. The summed E-state index contributed by atoms with van der Waals surface area (Å²) in [6, 6.07) is 22.9. The molecule has 3 aromatic rings.